The van der Waals surface area contributed by atoms with E-state index >= 15 is 0 Å². The summed E-state index contributed by atoms with van der Waals surface area (Å²) in [6.45, 7) is 7.26. The summed E-state index contributed by atoms with van der Waals surface area (Å²) in [7, 11) is 2.03. The Labute approximate surface area is 147 Å². The second-order valence-electron chi connectivity index (χ2n) is 6.24. The van der Waals surface area contributed by atoms with Gasteiger partial charge in [0.25, 0.3) is 0 Å². The lowest BCUT2D eigenvalue weighted by Gasteiger charge is -2.37. The number of rotatable bonds is 6. The van der Waals surface area contributed by atoms with E-state index in [2.05, 4.69) is 24.7 Å². The van der Waals surface area contributed by atoms with Crippen LogP contribution >= 0.6 is 11.3 Å². The lowest BCUT2D eigenvalue weighted by molar-refractivity contribution is -0.126. The van der Waals surface area contributed by atoms with Crippen LogP contribution in [0.25, 0.3) is 0 Å². The third kappa shape index (κ3) is 4.23. The molecule has 2 aromatic heterocycles. The largest absolute Gasteiger partial charge is 0.350 e. The molecule has 1 fully saturated rings. The Morgan fingerprint density at radius 2 is 2.17 bits per heavy atom. The number of amides is 1. The third-order valence-corrected chi connectivity index (χ3v) is 5.51. The van der Waals surface area contributed by atoms with Crippen molar-refractivity contribution in [1.29, 1.82) is 0 Å². The van der Waals surface area contributed by atoms with E-state index in [1.54, 1.807) is 11.3 Å². The van der Waals surface area contributed by atoms with Gasteiger partial charge in [-0.2, -0.15) is 0 Å². The van der Waals surface area contributed by atoms with E-state index in [1.807, 2.05) is 43.9 Å². The third-order valence-electron chi connectivity index (χ3n) is 4.64. The maximum atomic E-state index is 12.3. The van der Waals surface area contributed by atoms with Crippen LogP contribution in [0.4, 0.5) is 0 Å². The quantitative estimate of drug-likeness (QED) is 0.856. The highest BCUT2D eigenvalue weighted by molar-refractivity contribution is 7.09. The molecule has 1 aliphatic rings. The fraction of sp³-hybridized carbons (Fsp3) is 0.529. The highest BCUT2D eigenvalue weighted by atomic mass is 32.1. The Balaban J connectivity index is 1.43. The summed E-state index contributed by atoms with van der Waals surface area (Å²) in [5, 5.41) is 5.07. The number of aromatic nitrogens is 2. The smallest absolute Gasteiger partial charge is 0.237 e. The number of carbonyl (C=O) groups excluding carboxylic acids is 1. The number of hydrogen-bond acceptors (Lipinski definition) is 5. The van der Waals surface area contributed by atoms with E-state index in [-0.39, 0.29) is 11.9 Å². The Morgan fingerprint density at radius 1 is 1.38 bits per heavy atom. The molecule has 0 spiro atoms. The zero-order chi connectivity index (χ0) is 16.9. The van der Waals surface area contributed by atoms with Gasteiger partial charge in [-0.15, -0.1) is 11.3 Å². The normalized spacial score (nSPS) is 17.8. The molecule has 0 bridgehead atoms. The molecule has 0 aliphatic carbocycles. The van der Waals surface area contributed by atoms with Crippen LogP contribution in [0.5, 0.6) is 0 Å². The van der Waals surface area contributed by atoms with Crippen LogP contribution in [-0.4, -0.2) is 57.5 Å². The van der Waals surface area contributed by atoms with Crippen LogP contribution in [-0.2, 0) is 24.9 Å². The van der Waals surface area contributed by atoms with E-state index < -0.39 is 0 Å². The molecule has 1 atom stereocenters. The minimum Gasteiger partial charge on any atom is -0.350 e. The van der Waals surface area contributed by atoms with Gasteiger partial charge in [0, 0.05) is 50.5 Å². The highest BCUT2D eigenvalue weighted by Gasteiger charge is 2.25. The van der Waals surface area contributed by atoms with Crippen LogP contribution in [0.2, 0.25) is 0 Å². The van der Waals surface area contributed by atoms with E-state index in [1.165, 1.54) is 4.88 Å². The summed E-state index contributed by atoms with van der Waals surface area (Å²) in [5.41, 5.74) is 0. The molecule has 7 heteroatoms. The van der Waals surface area contributed by atoms with Crippen molar-refractivity contribution in [2.24, 2.45) is 7.05 Å². The second kappa shape index (κ2) is 7.92. The van der Waals surface area contributed by atoms with Crippen molar-refractivity contribution in [3.05, 3.63) is 40.6 Å². The van der Waals surface area contributed by atoms with Gasteiger partial charge in [-0.05, 0) is 18.4 Å². The number of piperazine rings is 1. The molecule has 130 valence electrons. The SMILES string of the molecule is CC(C(=O)NCc1cccs1)N1CCN(Cc2nccn2C)CC1. The molecule has 3 heterocycles. The van der Waals surface area contributed by atoms with Gasteiger partial charge in [-0.1, -0.05) is 6.07 Å². The number of thiophene rings is 1. The first kappa shape index (κ1) is 17.1. The number of nitrogens with zero attached hydrogens (tertiary/aromatic N) is 4. The Hall–Kier alpha value is -1.70. The number of imidazole rings is 1. The highest BCUT2D eigenvalue weighted by Crippen LogP contribution is 2.11. The molecular formula is C17H25N5OS. The van der Waals surface area contributed by atoms with Crippen LogP contribution in [0.3, 0.4) is 0 Å². The van der Waals surface area contributed by atoms with Crippen LogP contribution in [0.1, 0.15) is 17.6 Å². The lowest BCUT2D eigenvalue weighted by atomic mass is 10.2. The summed E-state index contributed by atoms with van der Waals surface area (Å²) >= 11 is 1.67. The monoisotopic (exact) mass is 347 g/mol. The Kier molecular flexibility index (Phi) is 5.65. The van der Waals surface area contributed by atoms with Crippen molar-refractivity contribution in [3.63, 3.8) is 0 Å². The van der Waals surface area contributed by atoms with Crippen LogP contribution in [0, 0.1) is 0 Å². The number of nitrogens with one attached hydrogen (secondary N) is 1. The zero-order valence-electron chi connectivity index (χ0n) is 14.3. The number of carbonyl (C=O) groups is 1. The van der Waals surface area contributed by atoms with Crippen LogP contribution < -0.4 is 5.32 Å². The Bertz CT molecular complexity index is 646. The predicted octanol–water partition coefficient (Wildman–Crippen LogP) is 1.30. The minimum atomic E-state index is -0.0831. The zero-order valence-corrected chi connectivity index (χ0v) is 15.1. The van der Waals surface area contributed by atoms with Gasteiger partial charge >= 0.3 is 0 Å². The van der Waals surface area contributed by atoms with E-state index in [4.69, 9.17) is 0 Å². The predicted molar refractivity (Wildman–Crippen MR) is 95.7 cm³/mol. The number of hydrogen-bond donors (Lipinski definition) is 1. The van der Waals surface area contributed by atoms with Gasteiger partial charge in [-0.25, -0.2) is 4.98 Å². The maximum absolute atomic E-state index is 12.3. The van der Waals surface area contributed by atoms with Gasteiger partial charge in [-0.3, -0.25) is 14.6 Å². The average molecular weight is 347 g/mol. The molecule has 2 aromatic rings. The van der Waals surface area contributed by atoms with Crippen molar-refractivity contribution in [3.8, 4) is 0 Å². The summed E-state index contributed by atoms with van der Waals surface area (Å²) in [6.07, 6.45) is 3.82. The fourth-order valence-corrected chi connectivity index (χ4v) is 3.60. The van der Waals surface area contributed by atoms with E-state index in [0.717, 1.165) is 38.5 Å². The van der Waals surface area contributed by atoms with Crippen molar-refractivity contribution < 1.29 is 4.79 Å². The van der Waals surface area contributed by atoms with Gasteiger partial charge in [0.1, 0.15) is 5.82 Å². The van der Waals surface area contributed by atoms with Gasteiger partial charge in [0.15, 0.2) is 0 Å². The minimum absolute atomic E-state index is 0.0831. The molecule has 1 N–H and O–H groups in total. The molecular weight excluding hydrogens is 322 g/mol. The molecule has 24 heavy (non-hydrogen) atoms. The summed E-state index contributed by atoms with van der Waals surface area (Å²) in [4.78, 5) is 22.6. The van der Waals surface area contributed by atoms with Crippen molar-refractivity contribution >= 4 is 17.2 Å². The first-order valence-corrected chi connectivity index (χ1v) is 9.24. The maximum Gasteiger partial charge on any atom is 0.237 e. The standard InChI is InChI=1S/C17H25N5OS/c1-14(17(23)19-12-15-4-3-11-24-15)22-9-7-21(8-10-22)13-16-18-5-6-20(16)2/h3-6,11,14H,7-10,12-13H2,1-2H3,(H,19,23). The van der Waals surface area contributed by atoms with Crippen molar-refractivity contribution in [2.45, 2.75) is 26.1 Å². The molecule has 1 amide bonds. The van der Waals surface area contributed by atoms with Crippen molar-refractivity contribution in [1.82, 2.24) is 24.7 Å². The average Bonchev–Trinajstić information content (AvgIpc) is 3.25. The second-order valence-corrected chi connectivity index (χ2v) is 7.27. The van der Waals surface area contributed by atoms with Crippen LogP contribution in [0.15, 0.2) is 29.9 Å². The molecule has 1 unspecified atom stereocenters. The van der Waals surface area contributed by atoms with Crippen molar-refractivity contribution in [2.75, 3.05) is 26.2 Å². The Morgan fingerprint density at radius 3 is 2.79 bits per heavy atom. The lowest BCUT2D eigenvalue weighted by Crippen LogP contribution is -2.53. The topological polar surface area (TPSA) is 53.4 Å². The summed E-state index contributed by atoms with van der Waals surface area (Å²) < 4.78 is 2.06. The molecule has 6 nitrogen and oxygen atoms in total. The molecule has 1 saturated heterocycles. The molecule has 0 aromatic carbocycles. The molecule has 3 rings (SSSR count). The number of aryl methyl sites for hydroxylation is 1. The van der Waals surface area contributed by atoms with E-state index in [9.17, 15) is 4.79 Å². The molecule has 1 aliphatic heterocycles. The molecule has 0 saturated carbocycles. The van der Waals surface area contributed by atoms with Gasteiger partial charge in [0.2, 0.25) is 5.91 Å². The molecule has 0 radical (unpaired) electrons. The fourth-order valence-electron chi connectivity index (χ4n) is 2.96. The van der Waals surface area contributed by atoms with E-state index in [0.29, 0.717) is 6.54 Å². The van der Waals surface area contributed by atoms with Gasteiger partial charge in [0.05, 0.1) is 19.1 Å². The first-order chi connectivity index (χ1) is 11.6. The first-order valence-electron chi connectivity index (χ1n) is 8.36. The summed E-state index contributed by atoms with van der Waals surface area (Å²) in [6, 6.07) is 3.97. The summed E-state index contributed by atoms with van der Waals surface area (Å²) in [5.74, 6) is 1.20. The van der Waals surface area contributed by atoms with Gasteiger partial charge < -0.3 is 9.88 Å².